The van der Waals surface area contributed by atoms with Gasteiger partial charge >= 0.3 is 5.97 Å². The average molecular weight is 244 g/mol. The fourth-order valence-electron chi connectivity index (χ4n) is 1.63. The number of ether oxygens (including phenoxy) is 1. The molecule has 1 atom stereocenters. The highest BCUT2D eigenvalue weighted by molar-refractivity contribution is 5.69. The molecule has 0 saturated carbocycles. The van der Waals surface area contributed by atoms with Gasteiger partial charge in [0.15, 0.2) is 0 Å². The van der Waals surface area contributed by atoms with E-state index in [0.29, 0.717) is 6.42 Å². The summed E-state index contributed by atoms with van der Waals surface area (Å²) in [5.41, 5.74) is -0.367. The van der Waals surface area contributed by atoms with E-state index in [1.54, 1.807) is 0 Å². The van der Waals surface area contributed by atoms with Gasteiger partial charge in [-0.2, -0.15) is 0 Å². The quantitative estimate of drug-likeness (QED) is 0.525. The molecule has 0 aliphatic heterocycles. The number of aliphatic hydroxyl groups is 1. The second-order valence-corrected chi connectivity index (χ2v) is 5.74. The molecule has 1 unspecified atom stereocenters. The van der Waals surface area contributed by atoms with E-state index >= 15 is 0 Å². The number of carbonyl (C=O) groups is 1. The first kappa shape index (κ1) is 16.4. The van der Waals surface area contributed by atoms with Gasteiger partial charge in [0.1, 0.15) is 5.60 Å². The van der Waals surface area contributed by atoms with Crippen LogP contribution in [0, 0.1) is 0 Å². The minimum absolute atomic E-state index is 0.0959. The lowest BCUT2D eigenvalue weighted by Gasteiger charge is -2.19. The Morgan fingerprint density at radius 1 is 1.12 bits per heavy atom. The van der Waals surface area contributed by atoms with Crippen LogP contribution in [0.4, 0.5) is 0 Å². The van der Waals surface area contributed by atoms with Gasteiger partial charge in [-0.15, -0.1) is 0 Å². The van der Waals surface area contributed by atoms with E-state index < -0.39 is 0 Å². The Morgan fingerprint density at radius 3 is 2.18 bits per heavy atom. The maximum absolute atomic E-state index is 11.4. The zero-order valence-corrected chi connectivity index (χ0v) is 11.8. The molecule has 0 spiro atoms. The first-order valence-corrected chi connectivity index (χ1v) is 6.71. The highest BCUT2D eigenvalue weighted by Gasteiger charge is 2.15. The van der Waals surface area contributed by atoms with Crippen molar-refractivity contribution in [2.24, 2.45) is 0 Å². The molecule has 0 aliphatic rings. The maximum atomic E-state index is 11.4. The van der Waals surface area contributed by atoms with Crippen molar-refractivity contribution in [2.75, 3.05) is 0 Å². The monoisotopic (exact) mass is 244 g/mol. The molecule has 3 nitrogen and oxygen atoms in total. The van der Waals surface area contributed by atoms with Crippen LogP contribution in [0.1, 0.15) is 72.6 Å². The smallest absolute Gasteiger partial charge is 0.306 e. The molecular weight excluding hydrogens is 216 g/mol. The first-order valence-electron chi connectivity index (χ1n) is 6.71. The lowest BCUT2D eigenvalue weighted by Crippen LogP contribution is -2.23. The Bertz CT molecular complexity index is 204. The predicted octanol–water partition coefficient (Wildman–Crippen LogP) is 3.44. The summed E-state index contributed by atoms with van der Waals surface area (Å²) in [5, 5.41) is 9.07. The van der Waals surface area contributed by atoms with Gasteiger partial charge in [-0.25, -0.2) is 0 Å². The minimum atomic E-state index is -0.367. The molecule has 0 aromatic rings. The van der Waals surface area contributed by atoms with Crippen LogP contribution in [0.15, 0.2) is 0 Å². The van der Waals surface area contributed by atoms with Gasteiger partial charge in [0.25, 0.3) is 0 Å². The standard InChI is InChI=1S/C14H28O3/c1-12(15)10-8-6-5-7-9-11-13(16)17-14(2,3)4/h12,15H,5-11H2,1-4H3. The van der Waals surface area contributed by atoms with E-state index in [-0.39, 0.29) is 17.7 Å². The summed E-state index contributed by atoms with van der Waals surface area (Å²) in [6.45, 7) is 7.49. The molecule has 0 aliphatic carbocycles. The molecule has 102 valence electrons. The van der Waals surface area contributed by atoms with Gasteiger partial charge in [-0.1, -0.05) is 25.7 Å². The van der Waals surface area contributed by atoms with Crippen LogP contribution in [-0.2, 0) is 9.53 Å². The third-order valence-electron chi connectivity index (χ3n) is 2.42. The molecule has 0 aromatic carbocycles. The Kier molecular flexibility index (Phi) is 8.23. The van der Waals surface area contributed by atoms with Crippen molar-refractivity contribution in [1.29, 1.82) is 0 Å². The van der Waals surface area contributed by atoms with Crippen LogP contribution >= 0.6 is 0 Å². The van der Waals surface area contributed by atoms with Crippen molar-refractivity contribution in [3.8, 4) is 0 Å². The van der Waals surface area contributed by atoms with Gasteiger partial charge in [-0.3, -0.25) is 4.79 Å². The van der Waals surface area contributed by atoms with Crippen LogP contribution in [-0.4, -0.2) is 22.8 Å². The zero-order valence-electron chi connectivity index (χ0n) is 11.8. The topological polar surface area (TPSA) is 46.5 Å². The van der Waals surface area contributed by atoms with E-state index in [2.05, 4.69) is 0 Å². The van der Waals surface area contributed by atoms with Gasteiger partial charge in [0.05, 0.1) is 6.10 Å². The molecule has 1 N–H and O–H groups in total. The second kappa shape index (κ2) is 8.51. The van der Waals surface area contributed by atoms with Crippen LogP contribution in [0.3, 0.4) is 0 Å². The van der Waals surface area contributed by atoms with Crippen molar-refractivity contribution in [1.82, 2.24) is 0 Å². The summed E-state index contributed by atoms with van der Waals surface area (Å²) in [5.74, 6) is -0.0959. The number of hydrogen-bond donors (Lipinski definition) is 1. The maximum Gasteiger partial charge on any atom is 0.306 e. The zero-order chi connectivity index (χ0) is 13.3. The van der Waals surface area contributed by atoms with E-state index in [0.717, 1.165) is 38.5 Å². The highest BCUT2D eigenvalue weighted by atomic mass is 16.6. The summed E-state index contributed by atoms with van der Waals surface area (Å²) >= 11 is 0. The Labute approximate surface area is 106 Å². The van der Waals surface area contributed by atoms with Crippen molar-refractivity contribution in [2.45, 2.75) is 84.3 Å². The minimum Gasteiger partial charge on any atom is -0.460 e. The number of hydrogen-bond acceptors (Lipinski definition) is 3. The summed E-state index contributed by atoms with van der Waals surface area (Å²) in [6, 6.07) is 0. The predicted molar refractivity (Wildman–Crippen MR) is 69.8 cm³/mol. The van der Waals surface area contributed by atoms with Gasteiger partial charge in [0.2, 0.25) is 0 Å². The molecule has 0 bridgehead atoms. The molecule has 0 saturated heterocycles. The first-order chi connectivity index (χ1) is 7.81. The molecule has 0 radical (unpaired) electrons. The van der Waals surface area contributed by atoms with E-state index in [4.69, 9.17) is 9.84 Å². The Morgan fingerprint density at radius 2 is 1.65 bits per heavy atom. The lowest BCUT2D eigenvalue weighted by atomic mass is 10.1. The summed E-state index contributed by atoms with van der Waals surface area (Å²) in [6.07, 6.45) is 6.54. The lowest BCUT2D eigenvalue weighted by molar-refractivity contribution is -0.154. The fourth-order valence-corrected chi connectivity index (χ4v) is 1.63. The molecule has 0 fully saturated rings. The normalized spacial score (nSPS) is 13.5. The summed E-state index contributed by atoms with van der Waals surface area (Å²) in [4.78, 5) is 11.4. The molecule has 0 aromatic heterocycles. The fraction of sp³-hybridized carbons (Fsp3) is 0.929. The number of aliphatic hydroxyl groups excluding tert-OH is 1. The van der Waals surface area contributed by atoms with Crippen LogP contribution in [0.25, 0.3) is 0 Å². The summed E-state index contributed by atoms with van der Waals surface area (Å²) in [7, 11) is 0. The van der Waals surface area contributed by atoms with Crippen molar-refractivity contribution < 1.29 is 14.6 Å². The molecule has 3 heteroatoms. The summed E-state index contributed by atoms with van der Waals surface area (Å²) < 4.78 is 5.22. The molecular formula is C14H28O3. The van der Waals surface area contributed by atoms with Crippen molar-refractivity contribution in [3.05, 3.63) is 0 Å². The third-order valence-corrected chi connectivity index (χ3v) is 2.42. The van der Waals surface area contributed by atoms with E-state index in [1.165, 1.54) is 0 Å². The third kappa shape index (κ3) is 13.4. The van der Waals surface area contributed by atoms with Gasteiger partial charge in [0, 0.05) is 6.42 Å². The molecule has 0 heterocycles. The van der Waals surface area contributed by atoms with Crippen molar-refractivity contribution >= 4 is 5.97 Å². The second-order valence-electron chi connectivity index (χ2n) is 5.74. The number of carbonyl (C=O) groups excluding carboxylic acids is 1. The highest BCUT2D eigenvalue weighted by Crippen LogP contribution is 2.12. The largest absolute Gasteiger partial charge is 0.460 e. The molecule has 0 rings (SSSR count). The van der Waals surface area contributed by atoms with Crippen LogP contribution in [0.5, 0.6) is 0 Å². The van der Waals surface area contributed by atoms with Gasteiger partial charge < -0.3 is 9.84 Å². The number of rotatable bonds is 8. The van der Waals surface area contributed by atoms with Crippen LogP contribution in [0.2, 0.25) is 0 Å². The van der Waals surface area contributed by atoms with E-state index in [9.17, 15) is 4.79 Å². The van der Waals surface area contributed by atoms with Crippen molar-refractivity contribution in [3.63, 3.8) is 0 Å². The van der Waals surface area contributed by atoms with E-state index in [1.807, 2.05) is 27.7 Å². The average Bonchev–Trinajstić information content (AvgIpc) is 2.12. The number of unbranched alkanes of at least 4 members (excludes halogenated alkanes) is 4. The van der Waals surface area contributed by atoms with Gasteiger partial charge in [-0.05, 0) is 40.5 Å². The molecule has 0 amide bonds. The number of esters is 1. The Hall–Kier alpha value is -0.570. The SMILES string of the molecule is CC(O)CCCCCCCC(=O)OC(C)(C)C. The Balaban J connectivity index is 3.31. The van der Waals surface area contributed by atoms with Crippen LogP contribution < -0.4 is 0 Å². The molecule has 17 heavy (non-hydrogen) atoms.